The number of hydrogen-bond donors (Lipinski definition) is 1. The number of methoxy groups -OCH3 is 1. The molecule has 8 nitrogen and oxygen atoms in total. The Labute approximate surface area is 186 Å². The lowest BCUT2D eigenvalue weighted by Gasteiger charge is -2.14. The van der Waals surface area contributed by atoms with Crippen molar-refractivity contribution in [3.05, 3.63) is 82.4 Å². The number of nitrogens with one attached hydrogen (secondary N) is 1. The van der Waals surface area contributed by atoms with E-state index in [4.69, 9.17) is 4.74 Å². The average Bonchev–Trinajstić information content (AvgIpc) is 3.49. The van der Waals surface area contributed by atoms with Crippen LogP contribution in [0.4, 0.5) is 0 Å². The molecule has 1 N–H and O–H groups in total. The van der Waals surface area contributed by atoms with Gasteiger partial charge in [-0.05, 0) is 48.9 Å². The number of fused-ring (bicyclic) bond motifs is 3. The molecule has 0 spiro atoms. The molecule has 9 heteroatoms. The number of carbonyl (C=O) groups is 1. The molecule has 5 rings (SSSR count). The van der Waals surface area contributed by atoms with Crippen molar-refractivity contribution in [2.24, 2.45) is 0 Å². The zero-order valence-electron chi connectivity index (χ0n) is 17.4. The number of Topliss-reactive ketones (excluding diaryl/α,β-unsaturated/α-hetero) is 1. The maximum Gasteiger partial charge on any atom is 0.267 e. The summed E-state index contributed by atoms with van der Waals surface area (Å²) in [6.45, 7) is 1.95. The number of para-hydroxylation sites is 1. The van der Waals surface area contributed by atoms with Crippen LogP contribution in [0.3, 0.4) is 0 Å². The topological polar surface area (TPSA) is 94.3 Å². The number of nitrogens with zero attached hydrogens (tertiary/aromatic N) is 4. The second-order valence-corrected chi connectivity index (χ2v) is 8.19. The van der Waals surface area contributed by atoms with Gasteiger partial charge in [0.1, 0.15) is 5.75 Å². The Morgan fingerprint density at radius 3 is 2.75 bits per heavy atom. The summed E-state index contributed by atoms with van der Waals surface area (Å²) in [5, 5.41) is 9.69. The van der Waals surface area contributed by atoms with Crippen LogP contribution in [-0.4, -0.2) is 42.8 Å². The fourth-order valence-electron chi connectivity index (χ4n) is 3.68. The smallest absolute Gasteiger partial charge is 0.267 e. The van der Waals surface area contributed by atoms with Crippen LogP contribution in [0.1, 0.15) is 16.1 Å². The van der Waals surface area contributed by atoms with Gasteiger partial charge in [0.2, 0.25) is 5.78 Å². The molecule has 0 aliphatic rings. The predicted octanol–water partition coefficient (Wildman–Crippen LogP) is 3.65. The lowest BCUT2D eigenvalue weighted by atomic mass is 10.2. The highest BCUT2D eigenvalue weighted by atomic mass is 32.2. The van der Waals surface area contributed by atoms with E-state index in [0.717, 1.165) is 5.56 Å². The summed E-state index contributed by atoms with van der Waals surface area (Å²) >= 11 is 1.27. The van der Waals surface area contributed by atoms with Gasteiger partial charge in [0.25, 0.3) is 5.56 Å². The summed E-state index contributed by atoms with van der Waals surface area (Å²) in [5.74, 6) is 1.04. The Balaban J connectivity index is 1.72. The summed E-state index contributed by atoms with van der Waals surface area (Å²) in [7, 11) is 1.56. The highest BCUT2D eigenvalue weighted by Crippen LogP contribution is 2.28. The Morgan fingerprint density at radius 1 is 1.12 bits per heavy atom. The van der Waals surface area contributed by atoms with Gasteiger partial charge >= 0.3 is 0 Å². The number of aromatic nitrogens is 5. The second kappa shape index (κ2) is 8.01. The van der Waals surface area contributed by atoms with Gasteiger partial charge in [-0.15, -0.1) is 10.2 Å². The largest absolute Gasteiger partial charge is 0.495 e. The molecular weight excluding hydrogens is 426 g/mol. The van der Waals surface area contributed by atoms with E-state index in [2.05, 4.69) is 15.2 Å². The summed E-state index contributed by atoms with van der Waals surface area (Å²) in [6, 6.07) is 16.4. The van der Waals surface area contributed by atoms with Gasteiger partial charge in [0.15, 0.2) is 10.9 Å². The van der Waals surface area contributed by atoms with E-state index < -0.39 is 0 Å². The zero-order chi connectivity index (χ0) is 22.2. The number of aromatic amines is 1. The first-order chi connectivity index (χ1) is 15.6. The maximum absolute atomic E-state index is 13.5. The van der Waals surface area contributed by atoms with Crippen LogP contribution in [0.15, 0.2) is 70.7 Å². The van der Waals surface area contributed by atoms with E-state index in [0.29, 0.717) is 39.0 Å². The molecule has 0 amide bonds. The van der Waals surface area contributed by atoms with E-state index in [1.165, 1.54) is 16.3 Å². The molecule has 0 aliphatic heterocycles. The van der Waals surface area contributed by atoms with Crippen LogP contribution in [0.2, 0.25) is 0 Å². The third-order valence-electron chi connectivity index (χ3n) is 5.20. The minimum Gasteiger partial charge on any atom is -0.495 e. The number of carbonyl (C=O) groups excluding carboxylic acids is 1. The molecule has 160 valence electrons. The summed E-state index contributed by atoms with van der Waals surface area (Å²) in [4.78, 5) is 28.9. The van der Waals surface area contributed by atoms with E-state index >= 15 is 0 Å². The Morgan fingerprint density at radius 2 is 1.97 bits per heavy atom. The first-order valence-electron chi connectivity index (χ1n) is 9.92. The van der Waals surface area contributed by atoms with Crippen LogP contribution in [0.25, 0.3) is 22.4 Å². The standard InChI is InChI=1S/C23H19N5O3S/c1-14-9-10-20(31-2)18(12-14)27-21(30)15-6-3-4-8-17(15)28-22(27)25-26-23(28)32-13-19(29)16-7-5-11-24-16/h3-12,24H,13H2,1-2H3. The van der Waals surface area contributed by atoms with E-state index in [-0.39, 0.29) is 17.1 Å². The van der Waals surface area contributed by atoms with E-state index in [9.17, 15) is 9.59 Å². The molecule has 0 aliphatic carbocycles. The number of H-pyrrole nitrogens is 1. The molecular formula is C23H19N5O3S. The van der Waals surface area contributed by atoms with Crippen molar-refractivity contribution >= 4 is 34.2 Å². The van der Waals surface area contributed by atoms with Crippen LogP contribution in [0, 0.1) is 6.92 Å². The minimum atomic E-state index is -0.219. The van der Waals surface area contributed by atoms with Crippen molar-refractivity contribution in [3.8, 4) is 11.4 Å². The molecule has 0 unspecified atom stereocenters. The number of ether oxygens (including phenoxy) is 1. The van der Waals surface area contributed by atoms with Crippen molar-refractivity contribution in [2.45, 2.75) is 12.1 Å². The zero-order valence-corrected chi connectivity index (χ0v) is 18.2. The highest BCUT2D eigenvalue weighted by molar-refractivity contribution is 7.99. The second-order valence-electron chi connectivity index (χ2n) is 7.25. The van der Waals surface area contributed by atoms with Crippen LogP contribution in [-0.2, 0) is 0 Å². The molecule has 2 aromatic carbocycles. The van der Waals surface area contributed by atoms with E-state index in [1.807, 2.05) is 47.7 Å². The number of ketones is 1. The number of aryl methyl sites for hydroxylation is 1. The Bertz CT molecular complexity index is 1520. The number of thioether (sulfide) groups is 1. The van der Waals surface area contributed by atoms with Crippen molar-refractivity contribution in [3.63, 3.8) is 0 Å². The molecule has 3 heterocycles. The number of rotatable bonds is 6. The third kappa shape index (κ3) is 3.27. The molecule has 0 bridgehead atoms. The first kappa shape index (κ1) is 20.1. The first-order valence-corrected chi connectivity index (χ1v) is 10.9. The van der Waals surface area contributed by atoms with Gasteiger partial charge in [-0.1, -0.05) is 30.0 Å². The summed E-state index contributed by atoms with van der Waals surface area (Å²) in [5.41, 5.74) is 2.56. The maximum atomic E-state index is 13.5. The monoisotopic (exact) mass is 445 g/mol. The lowest BCUT2D eigenvalue weighted by molar-refractivity contribution is 0.101. The number of hydrogen-bond acceptors (Lipinski definition) is 6. The van der Waals surface area contributed by atoms with Crippen molar-refractivity contribution < 1.29 is 9.53 Å². The number of benzene rings is 2. The fourth-order valence-corrected chi connectivity index (χ4v) is 4.50. The highest BCUT2D eigenvalue weighted by Gasteiger charge is 2.20. The van der Waals surface area contributed by atoms with Crippen molar-refractivity contribution in [1.29, 1.82) is 0 Å². The molecule has 0 saturated heterocycles. The van der Waals surface area contributed by atoms with Gasteiger partial charge in [-0.25, -0.2) is 4.57 Å². The Kier molecular flexibility index (Phi) is 5.02. The van der Waals surface area contributed by atoms with E-state index in [1.54, 1.807) is 31.5 Å². The predicted molar refractivity (Wildman–Crippen MR) is 123 cm³/mol. The third-order valence-corrected chi connectivity index (χ3v) is 6.13. The van der Waals surface area contributed by atoms with Crippen molar-refractivity contribution in [1.82, 2.24) is 24.1 Å². The van der Waals surface area contributed by atoms with Crippen molar-refractivity contribution in [2.75, 3.05) is 12.9 Å². The van der Waals surface area contributed by atoms with Gasteiger partial charge in [-0.2, -0.15) is 0 Å². The molecule has 0 saturated carbocycles. The van der Waals surface area contributed by atoms with Gasteiger partial charge in [0, 0.05) is 6.20 Å². The molecule has 32 heavy (non-hydrogen) atoms. The molecule has 5 aromatic rings. The minimum absolute atomic E-state index is 0.0465. The summed E-state index contributed by atoms with van der Waals surface area (Å²) < 4.78 is 8.85. The molecule has 0 atom stereocenters. The molecule has 0 radical (unpaired) electrons. The van der Waals surface area contributed by atoms with Gasteiger partial charge in [0.05, 0.1) is 35.1 Å². The van der Waals surface area contributed by atoms with Gasteiger partial charge < -0.3 is 9.72 Å². The normalized spacial score (nSPS) is 11.3. The SMILES string of the molecule is COc1ccc(C)cc1-n1c(=O)c2ccccc2n2c(SCC(=O)c3ccc[nH]3)nnc12. The quantitative estimate of drug-likeness (QED) is 0.317. The molecule has 3 aromatic heterocycles. The fraction of sp³-hybridized carbons (Fsp3) is 0.130. The Hall–Kier alpha value is -3.85. The summed E-state index contributed by atoms with van der Waals surface area (Å²) in [6.07, 6.45) is 1.71. The van der Waals surface area contributed by atoms with Gasteiger partial charge in [-0.3, -0.25) is 14.0 Å². The van der Waals surface area contributed by atoms with Crippen LogP contribution < -0.4 is 10.3 Å². The van der Waals surface area contributed by atoms with Crippen LogP contribution in [0.5, 0.6) is 5.75 Å². The van der Waals surface area contributed by atoms with Crippen LogP contribution >= 0.6 is 11.8 Å². The average molecular weight is 446 g/mol. The molecule has 0 fully saturated rings. The lowest BCUT2D eigenvalue weighted by Crippen LogP contribution is -2.22.